The molecule has 0 amide bonds. The number of hydrogen-bond donors (Lipinski definition) is 0. The summed E-state index contributed by atoms with van der Waals surface area (Å²) in [6.45, 7) is 17.5. The number of anilines is 1. The third-order valence-electron chi connectivity index (χ3n) is 6.63. The first-order chi connectivity index (χ1) is 15.1. The maximum Gasteiger partial charge on any atom is 0.433 e. The van der Waals surface area contributed by atoms with Crippen molar-refractivity contribution in [2.24, 2.45) is 5.92 Å². The van der Waals surface area contributed by atoms with Crippen molar-refractivity contribution in [1.29, 1.82) is 0 Å². The van der Waals surface area contributed by atoms with Gasteiger partial charge in [-0.05, 0) is 37.3 Å². The van der Waals surface area contributed by atoms with Crippen LogP contribution in [0.1, 0.15) is 45.7 Å². The van der Waals surface area contributed by atoms with Gasteiger partial charge in [-0.1, -0.05) is 33.4 Å². The Hall–Kier alpha value is -1.64. The van der Waals surface area contributed by atoms with E-state index in [-0.39, 0.29) is 5.54 Å². The molecule has 2 aliphatic heterocycles. The molecular formula is C24H37F3N4O. The number of aromatic nitrogens is 1. The number of ether oxygens (including phenoxy) is 1. The van der Waals surface area contributed by atoms with Gasteiger partial charge in [0.15, 0.2) is 0 Å². The summed E-state index contributed by atoms with van der Waals surface area (Å²) >= 11 is 0. The maximum atomic E-state index is 13.3. The first-order valence-electron chi connectivity index (χ1n) is 11.7. The summed E-state index contributed by atoms with van der Waals surface area (Å²) in [5.41, 5.74) is -0.260. The minimum atomic E-state index is -4.47. The number of nitrogens with zero attached hydrogens (tertiary/aromatic N) is 4. The van der Waals surface area contributed by atoms with Gasteiger partial charge in [-0.3, -0.25) is 4.90 Å². The molecule has 2 aliphatic rings. The lowest BCUT2D eigenvalue weighted by molar-refractivity contribution is -0.141. The second-order valence-electron chi connectivity index (χ2n) is 9.40. The van der Waals surface area contributed by atoms with Crippen LogP contribution in [0.5, 0.6) is 0 Å². The molecule has 0 N–H and O–H groups in total. The molecule has 0 saturated carbocycles. The molecule has 0 aromatic carbocycles. The van der Waals surface area contributed by atoms with E-state index in [1.54, 1.807) is 6.07 Å². The van der Waals surface area contributed by atoms with Crippen molar-refractivity contribution in [2.45, 2.75) is 51.7 Å². The Labute approximate surface area is 190 Å². The van der Waals surface area contributed by atoms with E-state index < -0.39 is 11.9 Å². The molecule has 3 rings (SSSR count). The van der Waals surface area contributed by atoms with E-state index in [4.69, 9.17) is 4.74 Å². The molecule has 0 unspecified atom stereocenters. The van der Waals surface area contributed by atoms with Gasteiger partial charge in [0.1, 0.15) is 11.5 Å². The van der Waals surface area contributed by atoms with Crippen LogP contribution in [-0.4, -0.2) is 72.8 Å². The highest BCUT2D eigenvalue weighted by molar-refractivity contribution is 5.47. The predicted molar refractivity (Wildman–Crippen MR) is 122 cm³/mol. The fourth-order valence-corrected chi connectivity index (χ4v) is 4.82. The number of alkyl halides is 3. The van der Waals surface area contributed by atoms with Crippen molar-refractivity contribution >= 4 is 5.82 Å². The van der Waals surface area contributed by atoms with Crippen LogP contribution in [0, 0.1) is 5.92 Å². The van der Waals surface area contributed by atoms with Crippen molar-refractivity contribution in [1.82, 2.24) is 14.8 Å². The highest BCUT2D eigenvalue weighted by Crippen LogP contribution is 2.35. The van der Waals surface area contributed by atoms with Crippen molar-refractivity contribution in [2.75, 3.05) is 57.4 Å². The van der Waals surface area contributed by atoms with Gasteiger partial charge in [0.2, 0.25) is 0 Å². The fraction of sp³-hybridized carbons (Fsp3) is 0.708. The highest BCUT2D eigenvalue weighted by atomic mass is 19.4. The number of halogens is 3. The summed E-state index contributed by atoms with van der Waals surface area (Å²) in [4.78, 5) is 10.9. The summed E-state index contributed by atoms with van der Waals surface area (Å²) < 4.78 is 45.7. The standard InChI is InChI=1S/C24H37F3N4O/c1-5-20(4)31(22-8-6-7-21(28-22)24(25,26)27)18-23(9-15-32-16-10-23)30-13-11-29(12-14-30)17-19(2)3/h6-8,19H,4-5,9-18H2,1-3H3. The normalized spacial score (nSPS) is 20.5. The third-order valence-corrected chi connectivity index (χ3v) is 6.63. The molecule has 32 heavy (non-hydrogen) atoms. The van der Waals surface area contributed by atoms with Crippen LogP contribution < -0.4 is 4.90 Å². The molecule has 2 fully saturated rings. The SMILES string of the molecule is C=C(CC)N(CC1(N2CCN(CC(C)C)CC2)CCOCC1)c1cccc(C(F)(F)F)n1. The average Bonchev–Trinajstić information content (AvgIpc) is 2.77. The Balaban J connectivity index is 1.86. The molecule has 0 radical (unpaired) electrons. The second kappa shape index (κ2) is 10.5. The molecule has 1 aromatic rings. The summed E-state index contributed by atoms with van der Waals surface area (Å²) in [5.74, 6) is 0.949. The van der Waals surface area contributed by atoms with Crippen LogP contribution in [0.15, 0.2) is 30.5 Å². The van der Waals surface area contributed by atoms with Crippen LogP contribution in [0.25, 0.3) is 0 Å². The lowest BCUT2D eigenvalue weighted by atomic mass is 9.86. The quantitative estimate of drug-likeness (QED) is 0.571. The lowest BCUT2D eigenvalue weighted by Gasteiger charge is -2.51. The average molecular weight is 455 g/mol. The van der Waals surface area contributed by atoms with Crippen molar-refractivity contribution < 1.29 is 17.9 Å². The van der Waals surface area contributed by atoms with Crippen LogP contribution in [-0.2, 0) is 10.9 Å². The van der Waals surface area contributed by atoms with Gasteiger partial charge in [0.05, 0.1) is 0 Å². The summed E-state index contributed by atoms with van der Waals surface area (Å²) in [6, 6.07) is 4.11. The number of allylic oxidation sites excluding steroid dienone is 1. The largest absolute Gasteiger partial charge is 0.433 e. The van der Waals surface area contributed by atoms with E-state index >= 15 is 0 Å². The Bertz CT molecular complexity index is 754. The van der Waals surface area contributed by atoms with Crippen LogP contribution >= 0.6 is 0 Å². The van der Waals surface area contributed by atoms with Gasteiger partial charge in [-0.25, -0.2) is 4.98 Å². The fourth-order valence-electron chi connectivity index (χ4n) is 4.82. The second-order valence-corrected chi connectivity index (χ2v) is 9.40. The smallest absolute Gasteiger partial charge is 0.381 e. The molecule has 2 saturated heterocycles. The predicted octanol–water partition coefficient (Wildman–Crippen LogP) is 4.65. The molecule has 180 valence electrons. The van der Waals surface area contributed by atoms with Crippen molar-refractivity contribution in [3.8, 4) is 0 Å². The van der Waals surface area contributed by atoms with Gasteiger partial charge < -0.3 is 14.5 Å². The monoisotopic (exact) mass is 454 g/mol. The van der Waals surface area contributed by atoms with E-state index in [0.29, 0.717) is 37.9 Å². The third kappa shape index (κ3) is 6.02. The minimum absolute atomic E-state index is 0.170. The summed E-state index contributed by atoms with van der Waals surface area (Å²) in [5, 5.41) is 0. The van der Waals surface area contributed by atoms with Gasteiger partial charge in [0.25, 0.3) is 0 Å². The highest BCUT2D eigenvalue weighted by Gasteiger charge is 2.42. The summed E-state index contributed by atoms with van der Waals surface area (Å²) in [7, 11) is 0. The first kappa shape index (κ1) is 25.0. The number of piperazine rings is 1. The van der Waals surface area contributed by atoms with E-state index in [0.717, 1.165) is 57.3 Å². The van der Waals surface area contributed by atoms with Crippen molar-refractivity contribution in [3.05, 3.63) is 36.2 Å². The first-order valence-corrected chi connectivity index (χ1v) is 11.7. The van der Waals surface area contributed by atoms with Gasteiger partial charge in [-0.15, -0.1) is 0 Å². The number of hydrogen-bond acceptors (Lipinski definition) is 5. The van der Waals surface area contributed by atoms with Gasteiger partial charge in [-0.2, -0.15) is 13.2 Å². The molecule has 0 atom stereocenters. The van der Waals surface area contributed by atoms with Crippen LogP contribution in [0.2, 0.25) is 0 Å². The molecule has 0 spiro atoms. The molecule has 3 heterocycles. The molecular weight excluding hydrogens is 417 g/mol. The lowest BCUT2D eigenvalue weighted by Crippen LogP contribution is -2.63. The molecule has 5 nitrogen and oxygen atoms in total. The Morgan fingerprint density at radius 1 is 1.19 bits per heavy atom. The topological polar surface area (TPSA) is 31.8 Å². The maximum absolute atomic E-state index is 13.3. The number of rotatable bonds is 8. The van der Waals surface area contributed by atoms with E-state index in [9.17, 15) is 13.2 Å². The van der Waals surface area contributed by atoms with Gasteiger partial charge >= 0.3 is 6.18 Å². The summed E-state index contributed by atoms with van der Waals surface area (Å²) in [6.07, 6.45) is -2.13. The van der Waals surface area contributed by atoms with Crippen LogP contribution in [0.4, 0.5) is 19.0 Å². The van der Waals surface area contributed by atoms with Crippen molar-refractivity contribution in [3.63, 3.8) is 0 Å². The molecule has 0 aliphatic carbocycles. The van der Waals surface area contributed by atoms with E-state index in [1.807, 2.05) is 11.8 Å². The Morgan fingerprint density at radius 3 is 2.41 bits per heavy atom. The van der Waals surface area contributed by atoms with E-state index in [1.165, 1.54) is 6.07 Å². The zero-order chi connectivity index (χ0) is 23.4. The van der Waals surface area contributed by atoms with Crippen LogP contribution in [0.3, 0.4) is 0 Å². The zero-order valence-corrected chi connectivity index (χ0v) is 19.6. The molecule has 0 bridgehead atoms. The molecule has 1 aromatic heterocycles. The zero-order valence-electron chi connectivity index (χ0n) is 19.6. The number of pyridine rings is 1. The molecule has 8 heteroatoms. The van der Waals surface area contributed by atoms with E-state index in [2.05, 4.69) is 35.2 Å². The Kier molecular flexibility index (Phi) is 8.22. The van der Waals surface area contributed by atoms with Gasteiger partial charge in [0, 0.05) is 63.7 Å². The Morgan fingerprint density at radius 2 is 1.84 bits per heavy atom. The minimum Gasteiger partial charge on any atom is -0.381 e.